The highest BCUT2D eigenvalue weighted by Crippen LogP contribution is 2.25. The topological polar surface area (TPSA) is 80.2 Å². The number of rotatable bonds is 6. The maximum Gasteiger partial charge on any atom is 0.258 e. The lowest BCUT2D eigenvalue weighted by Gasteiger charge is -2.26. The van der Waals surface area contributed by atoms with Gasteiger partial charge < -0.3 is 19.2 Å². The van der Waals surface area contributed by atoms with E-state index in [9.17, 15) is 9.59 Å². The van der Waals surface area contributed by atoms with Crippen molar-refractivity contribution in [2.45, 2.75) is 40.3 Å². The van der Waals surface area contributed by atoms with E-state index in [4.69, 9.17) is 4.74 Å². The predicted octanol–water partition coefficient (Wildman–Crippen LogP) is 4.39. The molecule has 170 valence electrons. The highest BCUT2D eigenvalue weighted by Gasteiger charge is 2.25. The van der Waals surface area contributed by atoms with Crippen LogP contribution in [-0.2, 0) is 6.54 Å². The number of methoxy groups -OCH3 is 1. The van der Waals surface area contributed by atoms with Crippen molar-refractivity contribution in [3.63, 3.8) is 0 Å². The molecule has 2 heterocycles. The zero-order valence-electron chi connectivity index (χ0n) is 19.5. The number of H-pyrrole nitrogens is 1. The highest BCUT2D eigenvalue weighted by atomic mass is 16.5. The summed E-state index contributed by atoms with van der Waals surface area (Å²) < 4.78 is 7.31. The molecule has 0 spiro atoms. The highest BCUT2D eigenvalue weighted by molar-refractivity contribution is 5.96. The number of aromatic nitrogens is 3. The van der Waals surface area contributed by atoms with Gasteiger partial charge in [0, 0.05) is 23.1 Å². The summed E-state index contributed by atoms with van der Waals surface area (Å²) in [6.45, 7) is 8.05. The Hall–Kier alpha value is -3.87. The summed E-state index contributed by atoms with van der Waals surface area (Å²) in [5.74, 6) is 1.14. The maximum absolute atomic E-state index is 13.6. The number of hydrogen-bond donors (Lipinski definition) is 1. The number of para-hydroxylation sites is 1. The smallest absolute Gasteiger partial charge is 0.258 e. The zero-order valence-corrected chi connectivity index (χ0v) is 19.5. The first-order valence-electron chi connectivity index (χ1n) is 10.9. The van der Waals surface area contributed by atoms with Gasteiger partial charge in [-0.2, -0.15) is 0 Å². The second-order valence-electron chi connectivity index (χ2n) is 8.37. The number of aromatic amines is 1. The molecule has 1 amide bonds. The molecule has 0 bridgehead atoms. The minimum absolute atomic E-state index is 0.0849. The summed E-state index contributed by atoms with van der Waals surface area (Å²) in [7, 11) is 1.63. The summed E-state index contributed by atoms with van der Waals surface area (Å²) in [6.07, 6.45) is 0. The summed E-state index contributed by atoms with van der Waals surface area (Å²) in [5.41, 5.74) is 3.81. The second-order valence-corrected chi connectivity index (χ2v) is 8.37. The van der Waals surface area contributed by atoms with Crippen LogP contribution in [0, 0.1) is 13.8 Å². The SMILES string of the molecule is COc1ccc(-n2c(C)cc(C(=O)N(Cc3nc4ccccc4c(=O)[nH]3)C(C)C)c2C)cc1. The molecule has 7 heteroatoms. The van der Waals surface area contributed by atoms with Gasteiger partial charge >= 0.3 is 0 Å². The Morgan fingerprint density at radius 1 is 1.12 bits per heavy atom. The summed E-state index contributed by atoms with van der Waals surface area (Å²) in [5, 5.41) is 0.534. The molecule has 1 N–H and O–H groups in total. The van der Waals surface area contributed by atoms with Gasteiger partial charge in [0.1, 0.15) is 11.6 Å². The Morgan fingerprint density at radius 2 is 1.82 bits per heavy atom. The van der Waals surface area contributed by atoms with Crippen LogP contribution in [0.5, 0.6) is 5.75 Å². The van der Waals surface area contributed by atoms with Crippen molar-refractivity contribution >= 4 is 16.8 Å². The van der Waals surface area contributed by atoms with Crippen molar-refractivity contribution in [3.8, 4) is 11.4 Å². The quantitative estimate of drug-likeness (QED) is 0.478. The number of fused-ring (bicyclic) bond motifs is 1. The molecule has 2 aromatic heterocycles. The molecule has 0 fully saturated rings. The standard InChI is InChI=1S/C26H28N4O3/c1-16(2)29(15-24-27-23-9-7-6-8-21(23)25(31)28-24)26(32)22-14-17(3)30(18(22)4)19-10-12-20(33-5)13-11-19/h6-14,16H,15H2,1-5H3,(H,27,28,31). The van der Waals surface area contributed by atoms with E-state index in [2.05, 4.69) is 14.5 Å². The first-order valence-corrected chi connectivity index (χ1v) is 10.9. The van der Waals surface area contributed by atoms with Crippen LogP contribution in [0.1, 0.15) is 41.4 Å². The minimum Gasteiger partial charge on any atom is -0.497 e. The summed E-state index contributed by atoms with van der Waals surface area (Å²) in [6, 6.07) is 16.8. The number of amides is 1. The van der Waals surface area contributed by atoms with Crippen molar-refractivity contribution in [1.82, 2.24) is 19.4 Å². The summed E-state index contributed by atoms with van der Waals surface area (Å²) >= 11 is 0. The van der Waals surface area contributed by atoms with Crippen LogP contribution in [-0.4, -0.2) is 38.5 Å². The van der Waals surface area contributed by atoms with Gasteiger partial charge in [0.15, 0.2) is 0 Å². The average Bonchev–Trinajstić information content (AvgIpc) is 3.10. The molecule has 0 saturated heterocycles. The number of carbonyl (C=O) groups excluding carboxylic acids is 1. The lowest BCUT2D eigenvalue weighted by Crippen LogP contribution is -2.37. The van der Waals surface area contributed by atoms with Crippen LogP contribution in [0.4, 0.5) is 0 Å². The third kappa shape index (κ3) is 4.26. The Kier molecular flexibility index (Phi) is 6.05. The molecule has 0 unspecified atom stereocenters. The fourth-order valence-corrected chi connectivity index (χ4v) is 4.12. The fourth-order valence-electron chi connectivity index (χ4n) is 4.12. The van der Waals surface area contributed by atoms with Gasteiger partial charge in [0.05, 0.1) is 30.1 Å². The normalized spacial score (nSPS) is 11.2. The van der Waals surface area contributed by atoms with Gasteiger partial charge in [0.2, 0.25) is 0 Å². The minimum atomic E-state index is -0.204. The van der Waals surface area contributed by atoms with Crippen molar-refractivity contribution in [1.29, 1.82) is 0 Å². The van der Waals surface area contributed by atoms with E-state index < -0.39 is 0 Å². The van der Waals surface area contributed by atoms with Crippen LogP contribution in [0.25, 0.3) is 16.6 Å². The molecule has 0 aliphatic heterocycles. The van der Waals surface area contributed by atoms with E-state index >= 15 is 0 Å². The van der Waals surface area contributed by atoms with Crippen molar-refractivity contribution < 1.29 is 9.53 Å². The third-order valence-corrected chi connectivity index (χ3v) is 5.86. The molecular weight excluding hydrogens is 416 g/mol. The van der Waals surface area contributed by atoms with E-state index in [1.54, 1.807) is 30.2 Å². The molecule has 4 rings (SSSR count). The first-order chi connectivity index (χ1) is 15.8. The second kappa shape index (κ2) is 8.94. The van der Waals surface area contributed by atoms with Crippen LogP contribution in [0.3, 0.4) is 0 Å². The van der Waals surface area contributed by atoms with Gasteiger partial charge in [-0.15, -0.1) is 0 Å². The molecule has 7 nitrogen and oxygen atoms in total. The molecule has 0 aliphatic rings. The number of aryl methyl sites for hydroxylation is 1. The van der Waals surface area contributed by atoms with Crippen LogP contribution in [0.15, 0.2) is 59.4 Å². The molecule has 2 aromatic carbocycles. The van der Waals surface area contributed by atoms with Gasteiger partial charge in [-0.05, 0) is 70.2 Å². The zero-order chi connectivity index (χ0) is 23.7. The molecule has 0 saturated carbocycles. The molecule has 4 aromatic rings. The molecule has 0 aliphatic carbocycles. The van der Waals surface area contributed by atoms with Gasteiger partial charge in [-0.25, -0.2) is 4.98 Å². The number of carbonyl (C=O) groups is 1. The lowest BCUT2D eigenvalue weighted by atomic mass is 10.1. The number of ether oxygens (including phenoxy) is 1. The van der Waals surface area contributed by atoms with Crippen molar-refractivity contribution in [3.05, 3.63) is 87.7 Å². The largest absolute Gasteiger partial charge is 0.497 e. The van der Waals surface area contributed by atoms with Gasteiger partial charge in [-0.1, -0.05) is 12.1 Å². The van der Waals surface area contributed by atoms with Crippen molar-refractivity contribution in [2.75, 3.05) is 7.11 Å². The van der Waals surface area contributed by atoms with E-state index in [-0.39, 0.29) is 24.1 Å². The Balaban J connectivity index is 1.68. The molecular formula is C26H28N4O3. The third-order valence-electron chi connectivity index (χ3n) is 5.86. The molecule has 33 heavy (non-hydrogen) atoms. The first kappa shape index (κ1) is 22.3. The Morgan fingerprint density at radius 3 is 2.48 bits per heavy atom. The number of hydrogen-bond acceptors (Lipinski definition) is 4. The fraction of sp³-hybridized carbons (Fsp3) is 0.269. The van der Waals surface area contributed by atoms with E-state index in [0.29, 0.717) is 22.3 Å². The predicted molar refractivity (Wildman–Crippen MR) is 129 cm³/mol. The van der Waals surface area contributed by atoms with Crippen LogP contribution in [0.2, 0.25) is 0 Å². The lowest BCUT2D eigenvalue weighted by molar-refractivity contribution is 0.0684. The maximum atomic E-state index is 13.6. The number of nitrogens with zero attached hydrogens (tertiary/aromatic N) is 3. The van der Waals surface area contributed by atoms with Crippen LogP contribution >= 0.6 is 0 Å². The Labute approximate surface area is 192 Å². The monoisotopic (exact) mass is 444 g/mol. The van der Waals surface area contributed by atoms with Crippen LogP contribution < -0.4 is 10.3 Å². The van der Waals surface area contributed by atoms with Gasteiger partial charge in [-0.3, -0.25) is 9.59 Å². The van der Waals surface area contributed by atoms with E-state index in [0.717, 1.165) is 22.8 Å². The average molecular weight is 445 g/mol. The van der Waals surface area contributed by atoms with E-state index in [1.165, 1.54) is 0 Å². The van der Waals surface area contributed by atoms with Gasteiger partial charge in [0.25, 0.3) is 11.5 Å². The molecule has 0 radical (unpaired) electrons. The van der Waals surface area contributed by atoms with Crippen molar-refractivity contribution in [2.24, 2.45) is 0 Å². The number of nitrogens with one attached hydrogen (secondary N) is 1. The summed E-state index contributed by atoms with van der Waals surface area (Å²) in [4.78, 5) is 35.3. The number of benzene rings is 2. The molecule has 0 atom stereocenters. The Bertz CT molecular complexity index is 1370. The van der Waals surface area contributed by atoms with E-state index in [1.807, 2.05) is 64.1 Å².